The highest BCUT2D eigenvalue weighted by molar-refractivity contribution is 2.53. The van der Waals surface area contributed by atoms with E-state index in [0.29, 0.717) is 0 Å². The summed E-state index contributed by atoms with van der Waals surface area (Å²) in [5.41, 5.74) is 0. The highest BCUT2D eigenvalue weighted by atomic mass is 14.0. The lowest BCUT2D eigenvalue weighted by atomic mass is 12.0. The van der Waals surface area contributed by atoms with Gasteiger partial charge in [0.05, 0.1) is 0 Å². The molecule has 0 heterocycles. The molecule has 10 heteroatoms. The van der Waals surface area contributed by atoms with Crippen molar-refractivity contribution in [2.45, 2.75) is 223 Å². The number of rotatable bonds is 0. The highest BCUT2D eigenvalue weighted by Crippen LogP contribution is 0.174. The largest absolute Gasteiger partial charge is 0.344 e. The standard InChI is InChI=1S/30CH4.10H3N/h30*1H4;10*1H3/i2*1T;;;;;;;;;;;;;;;;;;;;;;;;;;;;;;;;;;;;;;/hT2D8. The van der Waals surface area contributed by atoms with Crippen LogP contribution in [0.1, 0.15) is 225 Å². The lowest BCUT2D eigenvalue weighted by Crippen LogP contribution is -0.482. The maximum Gasteiger partial charge on any atom is 0.115 e. The Morgan fingerprint density at radius 2 is 0.175 bits per heavy atom. The molecule has 10 nitrogen and oxygen atoms in total. The van der Waals surface area contributed by atoms with Gasteiger partial charge in [0.25, 0.3) is 0 Å². The lowest BCUT2D eigenvalue weighted by molar-refractivity contribution is 2.13. The van der Waals surface area contributed by atoms with E-state index in [9.17, 15) is 0 Å². The van der Waals surface area contributed by atoms with Crippen molar-refractivity contribution < 1.29 is 16.9 Å². The summed E-state index contributed by atoms with van der Waals surface area (Å²) < 4.78 is 64.0. The second kappa shape index (κ2) is 341000. The van der Waals surface area contributed by atoms with Crippen LogP contribution in [0.3, 0.4) is 0 Å². The van der Waals surface area contributed by atoms with Gasteiger partial charge in [-0.2, -0.15) is 0 Å². The van der Waals surface area contributed by atoms with E-state index < -0.39 is 0 Å². The molecule has 0 aromatic heterocycles. The molecule has 0 rings (SSSR count). The van der Waals surface area contributed by atoms with Crippen molar-refractivity contribution in [1.82, 2.24) is 61.4 Å². The maximum atomic E-state index is 5.75. The minimum atomic E-state index is 0. The Balaban J connectivity index is -0.000000000758. The molecule has 0 aliphatic carbocycles. The summed E-state index contributed by atoms with van der Waals surface area (Å²) in [5, 5.41) is 0. The van der Waals surface area contributed by atoms with Gasteiger partial charge in [-0.05, 0) is 0 Å². The molecule has 0 amide bonds. The monoisotopic (exact) mass is 667 g/mol. The third-order valence-electron chi connectivity index (χ3n) is 0. The Labute approximate surface area is 301 Å². The van der Waals surface area contributed by atoms with Crippen molar-refractivity contribution >= 4 is 0 Å². The Kier molecular flexibility index (Phi) is 3740000. The van der Waals surface area contributed by atoms with Crippen molar-refractivity contribution in [3.05, 3.63) is 0 Å². The molecule has 0 aromatic rings. The van der Waals surface area contributed by atoms with Crippen molar-refractivity contribution in [3.8, 4) is 0 Å². The molecule has 320 valence electrons. The second-order valence-electron chi connectivity index (χ2n) is 0. The van der Waals surface area contributed by atoms with E-state index in [-0.39, 0.29) is 208 Å². The third-order valence-corrected chi connectivity index (χ3v) is 0. The molecule has 0 aliphatic rings. The van der Waals surface area contributed by atoms with Crippen molar-refractivity contribution in [1.29, 1.82) is 0 Å². The van der Waals surface area contributed by atoms with E-state index in [1.54, 1.807) is 0 Å². The normalized spacial score (nSPS) is 2.10. The van der Waals surface area contributed by atoms with E-state index in [1.807, 2.05) is 0 Å². The van der Waals surface area contributed by atoms with Gasteiger partial charge >= 0.3 is 0 Å². The van der Waals surface area contributed by atoms with E-state index in [4.69, 9.17) is 16.9 Å². The molecule has 0 aromatic carbocycles. The summed E-state index contributed by atoms with van der Waals surface area (Å²) in [6, 6.07) is 0. The van der Waals surface area contributed by atoms with E-state index in [2.05, 4.69) is 61.4 Å². The molecule has 0 atom stereocenters. The van der Waals surface area contributed by atoms with E-state index >= 15 is 0 Å². The Morgan fingerprint density at radius 3 is 0.175 bits per heavy atom. The first-order chi connectivity index (χ1) is 12.0. The smallest absolute Gasteiger partial charge is 0.115 e. The topological polar surface area (TPSA) is 350 Å². The molecule has 0 unspecified atom stereocenters. The second-order valence-corrected chi connectivity index (χ2v) is 0. The quantitative estimate of drug-likeness (QED) is 0.116. The van der Waals surface area contributed by atoms with Crippen LogP contribution in [-0.2, 0) is 0 Å². The molecule has 0 saturated heterocycles. The van der Waals surface area contributed by atoms with Gasteiger partial charge in [-0.1, -0.05) is 223 Å². The first kappa shape index (κ1) is 438. The molecule has 0 bridgehead atoms. The fraction of sp³-hybridized carbons (Fsp3) is 1.00. The van der Waals surface area contributed by atoms with Crippen molar-refractivity contribution in [2.24, 2.45) is 0 Å². The minimum absolute atomic E-state index is 0. The zero-order valence-electron chi connectivity index (χ0n) is 19.8. The van der Waals surface area contributed by atoms with Crippen LogP contribution in [0.4, 0.5) is 0 Å². The summed E-state index contributed by atoms with van der Waals surface area (Å²) in [6.07, 6.45) is 37.5. The average molecular weight is 668 g/mol. The van der Waals surface area contributed by atoms with Gasteiger partial charge < -0.3 is 61.4 Å². The summed E-state index contributed by atoms with van der Waals surface area (Å²) in [5.74, 6) is 0. The molecule has 0 aliphatic heterocycles. The number of hydrogen-bond acceptors (Lipinski definition) is 10. The van der Waals surface area contributed by atoms with Crippen molar-refractivity contribution in [3.63, 3.8) is 0 Å². The van der Waals surface area contributed by atoms with Crippen LogP contribution in [0, 0.1) is 0 Å². The summed E-state index contributed by atoms with van der Waals surface area (Å²) in [6.45, 7) is 0. The van der Waals surface area contributed by atoms with Crippen LogP contribution < -0.4 is 61.4 Å². The van der Waals surface area contributed by atoms with Gasteiger partial charge in [0.1, 0.15) is 14.1 Å². The average Bonchev–Trinajstić information content (AvgIpc) is 2.84. The minimum Gasteiger partial charge on any atom is -0.344 e. The van der Waals surface area contributed by atoms with Crippen LogP contribution in [0.5, 0.6) is 0 Å². The van der Waals surface area contributed by atoms with Gasteiger partial charge in [0.2, 0.25) is 0 Å². The SMILES string of the molecule is C.C.C.C.C.C.C.C.C.C.C.C.C.C.C.C.C.C.C.C.C.C.C.C.C.C.C.C.[2H]N.[2H]N.[2H]N.[2H]N.[2H]N.[2H]N.[2H]N.[2H]N.[3H]C.[3H]C.[3H]N.[3H]N. The Morgan fingerprint density at radius 1 is 0.175 bits per heavy atom. The van der Waals surface area contributed by atoms with E-state index in [1.165, 1.54) is 14.8 Å². The van der Waals surface area contributed by atoms with Crippen LogP contribution in [0.15, 0.2) is 0 Å². The van der Waals surface area contributed by atoms with Crippen LogP contribution in [-0.4, -0.2) is 0 Å². The Bertz CT molecular complexity index is 73.0. The van der Waals surface area contributed by atoms with Crippen LogP contribution in [0.25, 0.3) is 0 Å². The highest BCUT2D eigenvalue weighted by Gasteiger charge is -0.0475. The number of hydrogen-bond donors (Lipinski definition) is 10. The maximum absolute atomic E-state index is 5.75. The Hall–Kier alpha value is -0.400. The zero-order valence-corrected chi connectivity index (χ0v) is 7.77. The first-order valence-corrected chi connectivity index (χ1v) is 0. The molecular weight excluding hydrogens is 500 g/mol. The fourth-order valence-electron chi connectivity index (χ4n) is 0. The van der Waals surface area contributed by atoms with Crippen LogP contribution in [0.2, 0.25) is 14.1 Å². The third kappa shape index (κ3) is 315000. The van der Waals surface area contributed by atoms with Gasteiger partial charge in [-0.3, -0.25) is 0 Å². The predicted molar refractivity (Wildman–Crippen MR) is 252 cm³/mol. The first-order valence-electron chi connectivity index (χ1n) is 7.77. The summed E-state index contributed by atoms with van der Waals surface area (Å²) >= 11 is 0. The lowest BCUT2D eigenvalue weighted by Gasteiger charge is -0.345. The molecule has 0 fully saturated rings. The molecule has 40 heavy (non-hydrogen) atoms. The summed E-state index contributed by atoms with van der Waals surface area (Å²) in [4.78, 5) is 0. The zero-order chi connectivity index (χ0) is 24.0. The van der Waals surface area contributed by atoms with Crippen molar-refractivity contribution in [2.75, 3.05) is 0 Å². The molecule has 0 radical (unpaired) electrons. The van der Waals surface area contributed by atoms with Crippen LogP contribution >= 0.6 is 0 Å². The van der Waals surface area contributed by atoms with Gasteiger partial charge in [-0.25, -0.2) is 0 Å². The van der Waals surface area contributed by atoms with Gasteiger partial charge in [0, 0.05) is 2.74 Å². The fourth-order valence-corrected chi connectivity index (χ4v) is 0. The van der Waals surface area contributed by atoms with Gasteiger partial charge in [0.15, 0.2) is 0 Å². The molecule has 0 saturated carbocycles. The van der Waals surface area contributed by atoms with Gasteiger partial charge in [-0.15, -0.1) is 0 Å². The molecule has 30 N–H and O–H groups in total. The summed E-state index contributed by atoms with van der Waals surface area (Å²) in [7, 11) is 2.50. The molecular formula is C30H150N10. The molecule has 0 spiro atoms. The predicted octanol–water partition coefficient (Wildman–Crippen LogP) is 20.7. The van der Waals surface area contributed by atoms with E-state index in [0.717, 1.165) is 0 Å².